The summed E-state index contributed by atoms with van der Waals surface area (Å²) in [5.41, 5.74) is 9.03. The van der Waals surface area contributed by atoms with E-state index in [1.54, 1.807) is 25.3 Å². The molecule has 0 aliphatic rings. The van der Waals surface area contributed by atoms with Crippen LogP contribution in [0.25, 0.3) is 0 Å². The van der Waals surface area contributed by atoms with Gasteiger partial charge in [-0.3, -0.25) is 4.99 Å². The number of ether oxygens (including phenoxy) is 1. The highest BCUT2D eigenvalue weighted by Gasteiger charge is 2.06. The van der Waals surface area contributed by atoms with E-state index in [-0.39, 0.29) is 5.75 Å². The molecule has 0 radical (unpaired) electrons. The molecule has 3 N–H and O–H groups in total. The van der Waals surface area contributed by atoms with Gasteiger partial charge in [0, 0.05) is 23.0 Å². The fourth-order valence-corrected chi connectivity index (χ4v) is 1.91. The Morgan fingerprint density at radius 2 is 2.00 bits per heavy atom. The molecule has 0 bridgehead atoms. The van der Waals surface area contributed by atoms with E-state index in [9.17, 15) is 5.11 Å². The van der Waals surface area contributed by atoms with E-state index < -0.39 is 0 Å². The third-order valence-electron chi connectivity index (χ3n) is 3.14. The number of methoxy groups -OCH3 is 1. The Hall–Kier alpha value is -2.49. The fraction of sp³-hybridized carbons (Fsp3) is 0.188. The normalized spacial score (nSPS) is 11.4. The third-order valence-corrected chi connectivity index (χ3v) is 3.14. The number of phenolic OH excluding ortho intramolecular Hbond substituents is 1. The van der Waals surface area contributed by atoms with Crippen LogP contribution in [-0.2, 0) is 6.54 Å². The molecule has 20 heavy (non-hydrogen) atoms. The Morgan fingerprint density at radius 3 is 2.65 bits per heavy atom. The summed E-state index contributed by atoms with van der Waals surface area (Å²) in [6.07, 6.45) is 0. The van der Waals surface area contributed by atoms with Crippen LogP contribution >= 0.6 is 0 Å². The Morgan fingerprint density at radius 1 is 1.25 bits per heavy atom. The Balaban J connectivity index is 2.21. The van der Waals surface area contributed by atoms with Crippen LogP contribution in [0.2, 0.25) is 0 Å². The van der Waals surface area contributed by atoms with Gasteiger partial charge in [-0.25, -0.2) is 0 Å². The molecule has 0 aliphatic carbocycles. The monoisotopic (exact) mass is 270 g/mol. The maximum Gasteiger partial charge on any atom is 0.128 e. The molecule has 2 rings (SSSR count). The van der Waals surface area contributed by atoms with E-state index >= 15 is 0 Å². The molecule has 104 valence electrons. The lowest BCUT2D eigenvalue weighted by Crippen LogP contribution is -1.99. The van der Waals surface area contributed by atoms with Gasteiger partial charge in [0.1, 0.15) is 11.5 Å². The molecule has 4 heteroatoms. The lowest BCUT2D eigenvalue weighted by atomic mass is 10.1. The van der Waals surface area contributed by atoms with Gasteiger partial charge in [0.15, 0.2) is 0 Å². The van der Waals surface area contributed by atoms with Crippen LogP contribution in [0.3, 0.4) is 0 Å². The van der Waals surface area contributed by atoms with Crippen LogP contribution in [0.5, 0.6) is 11.5 Å². The second-order valence-electron chi connectivity index (χ2n) is 4.48. The van der Waals surface area contributed by atoms with Crippen LogP contribution < -0.4 is 10.5 Å². The average molecular weight is 270 g/mol. The number of para-hydroxylation sites is 1. The highest BCUT2D eigenvalue weighted by Crippen LogP contribution is 2.24. The minimum Gasteiger partial charge on any atom is -0.507 e. The molecule has 0 fully saturated rings. The number of phenols is 1. The molecule has 0 saturated carbocycles. The van der Waals surface area contributed by atoms with Gasteiger partial charge in [-0.2, -0.15) is 0 Å². The zero-order chi connectivity index (χ0) is 14.5. The number of nitrogens with zero attached hydrogens (tertiary/aromatic N) is 1. The molecule has 0 atom stereocenters. The molecule has 2 aromatic carbocycles. The van der Waals surface area contributed by atoms with Gasteiger partial charge in [-0.05, 0) is 30.7 Å². The first kappa shape index (κ1) is 13.9. The van der Waals surface area contributed by atoms with Gasteiger partial charge in [0.25, 0.3) is 0 Å². The summed E-state index contributed by atoms with van der Waals surface area (Å²) < 4.78 is 5.06. The average Bonchev–Trinajstić information content (AvgIpc) is 2.46. The van der Waals surface area contributed by atoms with E-state index in [4.69, 9.17) is 10.5 Å². The van der Waals surface area contributed by atoms with Crippen molar-refractivity contribution in [2.24, 2.45) is 4.99 Å². The molecule has 0 amide bonds. The zero-order valence-electron chi connectivity index (χ0n) is 11.6. The van der Waals surface area contributed by atoms with Crippen LogP contribution in [0.1, 0.15) is 18.1 Å². The second kappa shape index (κ2) is 6.10. The number of rotatable bonds is 4. The fourth-order valence-electron chi connectivity index (χ4n) is 1.91. The number of anilines is 1. The SMILES string of the molecule is COc1ccc(/C(C)=N\Cc2ccccc2N)c(O)c1. The van der Waals surface area contributed by atoms with Gasteiger partial charge in [0.05, 0.1) is 13.7 Å². The van der Waals surface area contributed by atoms with Crippen LogP contribution in [0, 0.1) is 0 Å². The number of hydrogen-bond acceptors (Lipinski definition) is 4. The number of nitrogen functional groups attached to an aromatic ring is 1. The second-order valence-corrected chi connectivity index (χ2v) is 4.48. The van der Waals surface area contributed by atoms with Gasteiger partial charge in [-0.15, -0.1) is 0 Å². The summed E-state index contributed by atoms with van der Waals surface area (Å²) in [6, 6.07) is 12.8. The van der Waals surface area contributed by atoms with Gasteiger partial charge < -0.3 is 15.6 Å². The zero-order valence-corrected chi connectivity index (χ0v) is 11.6. The summed E-state index contributed by atoms with van der Waals surface area (Å²) in [5.74, 6) is 0.776. The number of aliphatic imine (C=N–C) groups is 1. The minimum absolute atomic E-state index is 0.159. The molecule has 0 aromatic heterocycles. The molecule has 0 spiro atoms. The summed E-state index contributed by atoms with van der Waals surface area (Å²) in [7, 11) is 1.56. The maximum absolute atomic E-state index is 9.96. The molecule has 0 saturated heterocycles. The first-order valence-corrected chi connectivity index (χ1v) is 6.33. The number of nitrogens with two attached hydrogens (primary N) is 1. The summed E-state index contributed by atoms with van der Waals surface area (Å²) in [4.78, 5) is 4.48. The molecule has 2 aromatic rings. The Labute approximate surface area is 118 Å². The molecule has 0 unspecified atom stereocenters. The van der Waals surface area contributed by atoms with Crippen molar-refractivity contribution in [1.29, 1.82) is 0 Å². The maximum atomic E-state index is 9.96. The van der Waals surface area contributed by atoms with Crippen molar-refractivity contribution in [2.75, 3.05) is 12.8 Å². The number of hydrogen-bond donors (Lipinski definition) is 2. The lowest BCUT2D eigenvalue weighted by Gasteiger charge is -2.07. The molecule has 4 nitrogen and oxygen atoms in total. The summed E-state index contributed by atoms with van der Waals surface area (Å²) in [6.45, 7) is 2.35. The number of benzene rings is 2. The van der Waals surface area contributed by atoms with E-state index in [0.717, 1.165) is 17.0 Å². The highest BCUT2D eigenvalue weighted by molar-refractivity contribution is 6.01. The van der Waals surface area contributed by atoms with Crippen molar-refractivity contribution in [3.63, 3.8) is 0 Å². The molecule has 0 aliphatic heterocycles. The standard InChI is InChI=1S/C16H18N2O2/c1-11(14-8-7-13(20-2)9-16(14)19)18-10-12-5-3-4-6-15(12)17/h3-9,19H,10,17H2,1-2H3/b18-11-. The predicted octanol–water partition coefficient (Wildman–Crippen LogP) is 2.99. The molecule has 0 heterocycles. The molecular formula is C16H18N2O2. The third kappa shape index (κ3) is 3.09. The minimum atomic E-state index is 0.159. The van der Waals surface area contributed by atoms with E-state index in [1.807, 2.05) is 31.2 Å². The Kier molecular flexibility index (Phi) is 4.25. The molecular weight excluding hydrogens is 252 g/mol. The van der Waals surface area contributed by atoms with E-state index in [2.05, 4.69) is 4.99 Å². The van der Waals surface area contributed by atoms with Crippen molar-refractivity contribution >= 4 is 11.4 Å². The van der Waals surface area contributed by atoms with Gasteiger partial charge in [-0.1, -0.05) is 18.2 Å². The number of aromatic hydroxyl groups is 1. The topological polar surface area (TPSA) is 67.8 Å². The predicted molar refractivity (Wildman–Crippen MR) is 81.4 cm³/mol. The largest absolute Gasteiger partial charge is 0.507 e. The van der Waals surface area contributed by atoms with Crippen molar-refractivity contribution in [2.45, 2.75) is 13.5 Å². The van der Waals surface area contributed by atoms with Crippen molar-refractivity contribution in [3.05, 3.63) is 53.6 Å². The lowest BCUT2D eigenvalue weighted by molar-refractivity contribution is 0.407. The van der Waals surface area contributed by atoms with E-state index in [0.29, 0.717) is 17.9 Å². The summed E-state index contributed by atoms with van der Waals surface area (Å²) >= 11 is 0. The van der Waals surface area contributed by atoms with Crippen molar-refractivity contribution < 1.29 is 9.84 Å². The Bertz CT molecular complexity index is 636. The first-order chi connectivity index (χ1) is 9.61. The summed E-state index contributed by atoms with van der Waals surface area (Å²) in [5, 5.41) is 9.96. The van der Waals surface area contributed by atoms with Crippen molar-refractivity contribution in [1.82, 2.24) is 0 Å². The van der Waals surface area contributed by atoms with Crippen LogP contribution in [-0.4, -0.2) is 17.9 Å². The van der Waals surface area contributed by atoms with Crippen LogP contribution in [0.15, 0.2) is 47.5 Å². The van der Waals surface area contributed by atoms with Crippen LogP contribution in [0.4, 0.5) is 5.69 Å². The first-order valence-electron chi connectivity index (χ1n) is 6.33. The van der Waals surface area contributed by atoms with Gasteiger partial charge in [0.2, 0.25) is 0 Å². The highest BCUT2D eigenvalue weighted by atomic mass is 16.5. The van der Waals surface area contributed by atoms with E-state index in [1.165, 1.54) is 0 Å². The van der Waals surface area contributed by atoms with Crippen molar-refractivity contribution in [3.8, 4) is 11.5 Å². The quantitative estimate of drug-likeness (QED) is 0.663. The van der Waals surface area contributed by atoms with Gasteiger partial charge >= 0.3 is 0 Å². The smallest absolute Gasteiger partial charge is 0.128 e.